The molecular formula is C25H25N3O5S. The molecule has 0 unspecified atom stereocenters. The molecule has 0 aliphatic heterocycles. The number of hydrogen-bond donors (Lipinski definition) is 2. The summed E-state index contributed by atoms with van der Waals surface area (Å²) in [5.74, 6) is 2.91. The van der Waals surface area contributed by atoms with Crippen LogP contribution in [0.4, 0.5) is 11.4 Å². The molecule has 2 aromatic carbocycles. The summed E-state index contributed by atoms with van der Waals surface area (Å²) in [6.45, 7) is 4.57. The van der Waals surface area contributed by atoms with Crippen molar-refractivity contribution in [3.05, 3.63) is 59.7 Å². The second-order valence-corrected chi connectivity index (χ2v) is 9.29. The Kier molecular flexibility index (Phi) is 9.42. The minimum atomic E-state index is -3.35. The molecule has 0 aliphatic carbocycles. The maximum absolute atomic E-state index is 12.5. The van der Waals surface area contributed by atoms with Crippen LogP contribution >= 0.6 is 0 Å². The van der Waals surface area contributed by atoms with E-state index in [1.807, 2.05) is 17.9 Å². The predicted molar refractivity (Wildman–Crippen MR) is 131 cm³/mol. The van der Waals surface area contributed by atoms with Gasteiger partial charge in [0.2, 0.25) is 0 Å². The van der Waals surface area contributed by atoms with Gasteiger partial charge < -0.3 is 15.3 Å². The van der Waals surface area contributed by atoms with Crippen molar-refractivity contribution in [2.75, 3.05) is 29.1 Å². The maximum atomic E-state index is 12.5. The van der Waals surface area contributed by atoms with Gasteiger partial charge in [-0.25, -0.2) is 13.2 Å². The van der Waals surface area contributed by atoms with E-state index in [-0.39, 0.29) is 22.8 Å². The molecule has 0 atom stereocenters. The Hall–Kier alpha value is -4.08. The summed E-state index contributed by atoms with van der Waals surface area (Å²) < 4.78 is 24.2. The van der Waals surface area contributed by atoms with Crippen LogP contribution in [0.2, 0.25) is 0 Å². The first-order chi connectivity index (χ1) is 16.2. The topological polar surface area (TPSA) is 128 Å². The fourth-order valence-electron chi connectivity index (χ4n) is 3.02. The fourth-order valence-corrected chi connectivity index (χ4v) is 4.35. The zero-order chi connectivity index (χ0) is 25.1. The van der Waals surface area contributed by atoms with Gasteiger partial charge in [0, 0.05) is 23.8 Å². The first kappa shape index (κ1) is 26.2. The molecule has 2 aromatic rings. The van der Waals surface area contributed by atoms with Crippen LogP contribution in [0.15, 0.2) is 59.0 Å². The average Bonchev–Trinajstić information content (AvgIpc) is 2.81. The number of nitrogens with zero attached hydrogens (tertiary/aromatic N) is 2. The zero-order valence-electron chi connectivity index (χ0n) is 18.9. The molecular weight excluding hydrogens is 454 g/mol. The summed E-state index contributed by atoms with van der Waals surface area (Å²) in [6, 6.07) is 14.8. The Morgan fingerprint density at radius 3 is 2.26 bits per heavy atom. The average molecular weight is 480 g/mol. The molecule has 0 bridgehead atoms. The molecule has 2 N–H and O–H groups in total. The van der Waals surface area contributed by atoms with Crippen LogP contribution < -0.4 is 10.2 Å². The van der Waals surface area contributed by atoms with Crippen molar-refractivity contribution in [1.82, 2.24) is 0 Å². The third-order valence-corrected chi connectivity index (χ3v) is 6.66. The summed E-state index contributed by atoms with van der Waals surface area (Å²) in [4.78, 5) is 25.1. The molecule has 0 aliphatic rings. The minimum Gasteiger partial charge on any atom is -0.472 e. The quantitative estimate of drug-likeness (QED) is 0.321. The summed E-state index contributed by atoms with van der Waals surface area (Å²) in [5, 5.41) is 20.7. The van der Waals surface area contributed by atoms with E-state index in [0.29, 0.717) is 24.2 Å². The van der Waals surface area contributed by atoms with E-state index in [2.05, 4.69) is 17.2 Å². The normalized spacial score (nSPS) is 11.0. The van der Waals surface area contributed by atoms with Gasteiger partial charge in [-0.05, 0) is 61.4 Å². The van der Waals surface area contributed by atoms with E-state index in [1.165, 1.54) is 30.3 Å². The van der Waals surface area contributed by atoms with Crippen LogP contribution in [-0.4, -0.2) is 44.2 Å². The van der Waals surface area contributed by atoms with Gasteiger partial charge in [0.05, 0.1) is 17.2 Å². The molecule has 0 fully saturated rings. The SMILES string of the molecule is CCCS(=O)(=O)c1ccc(NC(=O)C(C#N)=Cc2ccc(N(CC)CC#CC(=O)O)cc2)cc1. The third-order valence-electron chi connectivity index (χ3n) is 4.73. The van der Waals surface area contributed by atoms with Gasteiger partial charge >= 0.3 is 5.97 Å². The van der Waals surface area contributed by atoms with Gasteiger partial charge in [-0.1, -0.05) is 25.0 Å². The number of nitrogens with one attached hydrogen (secondary N) is 1. The Bertz CT molecular complexity index is 1260. The Morgan fingerprint density at radius 2 is 1.74 bits per heavy atom. The number of carboxylic acids is 1. The van der Waals surface area contributed by atoms with Crippen LogP contribution in [0.5, 0.6) is 0 Å². The fraction of sp³-hybridized carbons (Fsp3) is 0.240. The number of anilines is 2. The van der Waals surface area contributed by atoms with Crippen molar-refractivity contribution in [2.45, 2.75) is 25.2 Å². The summed E-state index contributed by atoms with van der Waals surface area (Å²) in [6.07, 6.45) is 1.95. The van der Waals surface area contributed by atoms with Crippen LogP contribution in [0.25, 0.3) is 6.08 Å². The molecule has 0 radical (unpaired) electrons. The number of amides is 1. The Labute approximate surface area is 199 Å². The molecule has 9 heteroatoms. The van der Waals surface area contributed by atoms with E-state index in [1.54, 1.807) is 31.2 Å². The monoisotopic (exact) mass is 479 g/mol. The lowest BCUT2D eigenvalue weighted by atomic mass is 10.1. The minimum absolute atomic E-state index is 0.0462. The van der Waals surface area contributed by atoms with Crippen molar-refractivity contribution in [1.29, 1.82) is 5.26 Å². The number of benzene rings is 2. The number of sulfone groups is 1. The molecule has 0 spiro atoms. The van der Waals surface area contributed by atoms with Gasteiger partial charge in [0.1, 0.15) is 11.6 Å². The van der Waals surface area contributed by atoms with E-state index in [0.717, 1.165) is 5.69 Å². The number of carbonyl (C=O) groups is 2. The van der Waals surface area contributed by atoms with E-state index in [9.17, 15) is 23.3 Å². The molecule has 34 heavy (non-hydrogen) atoms. The Morgan fingerprint density at radius 1 is 1.09 bits per heavy atom. The summed E-state index contributed by atoms with van der Waals surface area (Å²) in [7, 11) is -3.35. The van der Waals surface area contributed by atoms with Crippen LogP contribution in [0.1, 0.15) is 25.8 Å². The molecule has 2 rings (SSSR count). The highest BCUT2D eigenvalue weighted by molar-refractivity contribution is 7.91. The molecule has 0 saturated heterocycles. The first-order valence-electron chi connectivity index (χ1n) is 10.5. The lowest BCUT2D eigenvalue weighted by molar-refractivity contribution is -0.130. The van der Waals surface area contributed by atoms with Gasteiger partial charge in [-0.15, -0.1) is 0 Å². The van der Waals surface area contributed by atoms with Gasteiger partial charge in [-0.2, -0.15) is 5.26 Å². The van der Waals surface area contributed by atoms with E-state index in [4.69, 9.17) is 5.11 Å². The largest absolute Gasteiger partial charge is 0.472 e. The molecule has 1 amide bonds. The highest BCUT2D eigenvalue weighted by Crippen LogP contribution is 2.19. The maximum Gasteiger partial charge on any atom is 0.381 e. The van der Waals surface area contributed by atoms with Crippen LogP contribution in [0.3, 0.4) is 0 Å². The van der Waals surface area contributed by atoms with Crippen molar-refractivity contribution < 1.29 is 23.1 Å². The van der Waals surface area contributed by atoms with E-state index >= 15 is 0 Å². The van der Waals surface area contributed by atoms with Crippen molar-refractivity contribution in [3.8, 4) is 17.9 Å². The number of carbonyl (C=O) groups excluding carboxylic acids is 1. The lowest BCUT2D eigenvalue weighted by Gasteiger charge is -2.20. The van der Waals surface area contributed by atoms with Gasteiger partial charge in [0.15, 0.2) is 9.84 Å². The van der Waals surface area contributed by atoms with Gasteiger partial charge in [-0.3, -0.25) is 4.79 Å². The highest BCUT2D eigenvalue weighted by atomic mass is 32.2. The molecule has 0 aromatic heterocycles. The predicted octanol–water partition coefficient (Wildman–Crippen LogP) is 3.33. The number of aliphatic carboxylic acids is 1. The summed E-state index contributed by atoms with van der Waals surface area (Å²) >= 11 is 0. The van der Waals surface area contributed by atoms with Crippen molar-refractivity contribution in [3.63, 3.8) is 0 Å². The van der Waals surface area contributed by atoms with Crippen LogP contribution in [-0.2, 0) is 19.4 Å². The van der Waals surface area contributed by atoms with Crippen molar-refractivity contribution in [2.24, 2.45) is 0 Å². The number of nitriles is 1. The number of hydrogen-bond acceptors (Lipinski definition) is 6. The molecule has 176 valence electrons. The molecule has 0 saturated carbocycles. The van der Waals surface area contributed by atoms with Crippen molar-refractivity contribution >= 4 is 39.2 Å². The smallest absolute Gasteiger partial charge is 0.381 e. The van der Waals surface area contributed by atoms with Crippen LogP contribution in [0, 0.1) is 23.2 Å². The third kappa shape index (κ3) is 7.51. The number of rotatable bonds is 9. The Balaban J connectivity index is 2.12. The first-order valence-corrected chi connectivity index (χ1v) is 12.2. The molecule has 0 heterocycles. The number of carboxylic acid groups (broad SMARTS) is 1. The zero-order valence-corrected chi connectivity index (χ0v) is 19.7. The second kappa shape index (κ2) is 12.2. The van der Waals surface area contributed by atoms with E-state index < -0.39 is 21.7 Å². The standard InChI is InChI=1S/C25H25N3O5S/c1-3-16-34(32,33)23-13-9-21(10-14-23)27-25(31)20(18-26)17-19-7-11-22(12-8-19)28(4-2)15-5-6-24(29)30/h7-14,17H,3-4,15-16H2,1-2H3,(H,27,31)(H,29,30). The van der Waals surface area contributed by atoms with Gasteiger partial charge in [0.25, 0.3) is 5.91 Å². The molecule has 8 nitrogen and oxygen atoms in total. The summed E-state index contributed by atoms with van der Waals surface area (Å²) in [5.41, 5.74) is 1.71. The highest BCUT2D eigenvalue weighted by Gasteiger charge is 2.14. The lowest BCUT2D eigenvalue weighted by Crippen LogP contribution is -2.22. The second-order valence-electron chi connectivity index (χ2n) is 7.18.